The molecule has 1 unspecified atom stereocenters. The van der Waals surface area contributed by atoms with Crippen LogP contribution in [0.5, 0.6) is 0 Å². The second-order valence-corrected chi connectivity index (χ2v) is 7.76. The summed E-state index contributed by atoms with van der Waals surface area (Å²) < 4.78 is 44.4. The van der Waals surface area contributed by atoms with Gasteiger partial charge >= 0.3 is 0 Å². The number of rotatable bonds is 7. The lowest BCUT2D eigenvalue weighted by atomic mass is 9.82. The molecule has 4 rings (SSSR count). The van der Waals surface area contributed by atoms with Crippen molar-refractivity contribution in [1.82, 2.24) is 0 Å². The third kappa shape index (κ3) is 4.59. The van der Waals surface area contributed by atoms with Crippen molar-refractivity contribution in [2.45, 2.75) is 50.7 Å². The van der Waals surface area contributed by atoms with Crippen molar-refractivity contribution in [2.24, 2.45) is 0 Å². The van der Waals surface area contributed by atoms with Crippen LogP contribution in [0.15, 0.2) is 36.4 Å². The highest BCUT2D eigenvalue weighted by atomic mass is 19.2. The topological polar surface area (TPSA) is 31.0 Å². The van der Waals surface area contributed by atoms with Gasteiger partial charge in [0.2, 0.25) is 0 Å². The van der Waals surface area contributed by atoms with Crippen molar-refractivity contribution >= 4 is 0 Å². The fourth-order valence-electron chi connectivity index (χ4n) is 3.85. The van der Waals surface area contributed by atoms with Crippen molar-refractivity contribution in [2.75, 3.05) is 20.0 Å². The van der Waals surface area contributed by atoms with E-state index in [0.29, 0.717) is 36.0 Å². The average Bonchev–Trinajstić information content (AvgIpc) is 3.55. The minimum atomic E-state index is -0.777. The van der Waals surface area contributed by atoms with Gasteiger partial charge in [0.1, 0.15) is 12.9 Å². The molecule has 150 valence electrons. The molecule has 0 aromatic heterocycles. The molecule has 0 spiro atoms. The first-order valence-electron chi connectivity index (χ1n) is 9.97. The van der Waals surface area contributed by atoms with Crippen molar-refractivity contribution in [3.8, 4) is 11.1 Å². The van der Waals surface area contributed by atoms with E-state index in [1.54, 1.807) is 19.1 Å². The molecule has 1 aliphatic carbocycles. The third-order valence-electron chi connectivity index (χ3n) is 5.74. The van der Waals surface area contributed by atoms with Crippen molar-refractivity contribution < 1.29 is 23.0 Å². The van der Waals surface area contributed by atoms with Crippen molar-refractivity contribution in [1.29, 1.82) is 0 Å². The molecule has 0 bridgehead atoms. The summed E-state index contributed by atoms with van der Waals surface area (Å²) in [5.74, 6) is -1.07. The lowest BCUT2D eigenvalue weighted by molar-refractivity contribution is -0.102. The molecule has 1 heterocycles. The van der Waals surface area contributed by atoms with Gasteiger partial charge in [-0.05, 0) is 55.2 Å². The average molecular weight is 388 g/mol. The van der Waals surface area contributed by atoms with Crippen molar-refractivity contribution in [3.63, 3.8) is 0 Å². The highest BCUT2D eigenvalue weighted by Gasteiger charge is 2.25. The van der Waals surface area contributed by atoms with E-state index in [9.17, 15) is 8.78 Å². The quantitative estimate of drug-likeness (QED) is 0.364. The normalized spacial score (nSPS) is 24.3. The molecule has 1 atom stereocenters. The lowest BCUT2D eigenvalue weighted by Gasteiger charge is -2.28. The van der Waals surface area contributed by atoms with E-state index in [-0.39, 0.29) is 12.2 Å². The van der Waals surface area contributed by atoms with Crippen LogP contribution >= 0.6 is 0 Å². The number of hydrogen-bond donors (Lipinski definition) is 0. The lowest BCUT2D eigenvalue weighted by Crippen LogP contribution is -2.22. The molecule has 2 aromatic carbocycles. The van der Waals surface area contributed by atoms with Gasteiger partial charge in [-0.3, -0.25) is 0 Å². The summed E-state index contributed by atoms with van der Waals surface area (Å²) in [5, 5.41) is 0. The van der Waals surface area contributed by atoms with Gasteiger partial charge in [-0.1, -0.05) is 36.4 Å². The van der Waals surface area contributed by atoms with E-state index in [1.807, 2.05) is 24.3 Å². The summed E-state index contributed by atoms with van der Waals surface area (Å²) in [6.07, 6.45) is 4.65. The van der Waals surface area contributed by atoms with Crippen LogP contribution in [0.1, 0.15) is 42.7 Å². The fourth-order valence-corrected chi connectivity index (χ4v) is 3.85. The summed E-state index contributed by atoms with van der Waals surface area (Å²) in [4.78, 5) is 0. The summed E-state index contributed by atoms with van der Waals surface area (Å²) in [6, 6.07) is 11.1. The Morgan fingerprint density at radius 1 is 0.964 bits per heavy atom. The van der Waals surface area contributed by atoms with Crippen LogP contribution in [0, 0.1) is 18.6 Å². The van der Waals surface area contributed by atoms with Gasteiger partial charge in [0.15, 0.2) is 11.6 Å². The van der Waals surface area contributed by atoms with Crippen LogP contribution < -0.4 is 0 Å². The molecule has 2 aromatic rings. The first kappa shape index (κ1) is 19.5. The molecule has 0 amide bonds. The largest absolute Gasteiger partial charge is 0.371 e. The minimum absolute atomic E-state index is 0.250. The molecule has 3 nitrogen and oxygen atoms in total. The molecule has 1 aliphatic heterocycles. The number of epoxide rings is 1. The van der Waals surface area contributed by atoms with Gasteiger partial charge in [0, 0.05) is 5.56 Å². The number of ether oxygens (including phenoxy) is 3. The standard InChI is InChI=1S/C23H26F2O3/c1-15-2-11-21(23(25)22(15)24)18-5-3-16(4-6-18)17-7-9-19(10-8-17)28-14-26-12-20-13-27-20/h2-6,11,17,19-20H,7-10,12-14H2,1H3. The summed E-state index contributed by atoms with van der Waals surface area (Å²) >= 11 is 0. The molecule has 1 saturated carbocycles. The van der Waals surface area contributed by atoms with Crippen LogP contribution in [-0.2, 0) is 14.2 Å². The Bertz CT molecular complexity index is 794. The summed E-state index contributed by atoms with van der Waals surface area (Å²) in [7, 11) is 0. The Labute approximate surface area is 164 Å². The molecule has 28 heavy (non-hydrogen) atoms. The Balaban J connectivity index is 1.30. The van der Waals surface area contributed by atoms with E-state index < -0.39 is 11.6 Å². The number of benzene rings is 2. The fraction of sp³-hybridized carbons (Fsp3) is 0.478. The first-order valence-corrected chi connectivity index (χ1v) is 9.97. The predicted molar refractivity (Wildman–Crippen MR) is 103 cm³/mol. The molecular weight excluding hydrogens is 362 g/mol. The van der Waals surface area contributed by atoms with Gasteiger partial charge in [-0.25, -0.2) is 8.78 Å². The van der Waals surface area contributed by atoms with Crippen LogP contribution in [0.2, 0.25) is 0 Å². The summed E-state index contributed by atoms with van der Waals surface area (Å²) in [6.45, 7) is 3.32. The maximum Gasteiger partial charge on any atom is 0.166 e. The monoisotopic (exact) mass is 388 g/mol. The van der Waals surface area contributed by atoms with E-state index in [0.717, 1.165) is 32.3 Å². The zero-order chi connectivity index (χ0) is 19.5. The second-order valence-electron chi connectivity index (χ2n) is 7.76. The first-order chi connectivity index (χ1) is 13.6. The van der Waals surface area contributed by atoms with Gasteiger partial charge in [-0.2, -0.15) is 0 Å². The molecule has 5 heteroatoms. The Morgan fingerprint density at radius 3 is 2.36 bits per heavy atom. The van der Waals surface area contributed by atoms with E-state index in [2.05, 4.69) is 0 Å². The van der Waals surface area contributed by atoms with E-state index in [4.69, 9.17) is 14.2 Å². The van der Waals surface area contributed by atoms with Gasteiger partial charge in [-0.15, -0.1) is 0 Å². The van der Waals surface area contributed by atoms with E-state index in [1.165, 1.54) is 5.56 Å². The third-order valence-corrected chi connectivity index (χ3v) is 5.74. The molecule has 2 fully saturated rings. The Hall–Kier alpha value is -1.82. The minimum Gasteiger partial charge on any atom is -0.371 e. The molecule has 0 radical (unpaired) electrons. The van der Waals surface area contributed by atoms with Crippen LogP contribution in [0.4, 0.5) is 8.78 Å². The zero-order valence-electron chi connectivity index (χ0n) is 16.1. The Kier molecular flexibility index (Phi) is 6.04. The zero-order valence-corrected chi connectivity index (χ0v) is 16.1. The highest BCUT2D eigenvalue weighted by Crippen LogP contribution is 2.35. The van der Waals surface area contributed by atoms with Crippen LogP contribution in [0.25, 0.3) is 11.1 Å². The molecule has 1 saturated heterocycles. The molecular formula is C23H26F2O3. The van der Waals surface area contributed by atoms with Crippen LogP contribution in [0.3, 0.4) is 0 Å². The van der Waals surface area contributed by atoms with E-state index >= 15 is 0 Å². The molecule has 2 aliphatic rings. The highest BCUT2D eigenvalue weighted by molar-refractivity contribution is 5.65. The second kappa shape index (κ2) is 8.68. The number of hydrogen-bond acceptors (Lipinski definition) is 3. The van der Waals surface area contributed by atoms with Crippen molar-refractivity contribution in [3.05, 3.63) is 59.2 Å². The smallest absolute Gasteiger partial charge is 0.166 e. The summed E-state index contributed by atoms with van der Waals surface area (Å²) in [5.41, 5.74) is 2.58. The Morgan fingerprint density at radius 2 is 1.68 bits per heavy atom. The number of aryl methyl sites for hydroxylation is 1. The maximum absolute atomic E-state index is 14.2. The van der Waals surface area contributed by atoms with Gasteiger partial charge in [0.25, 0.3) is 0 Å². The number of halogens is 2. The predicted octanol–water partition coefficient (Wildman–Crippen LogP) is 5.36. The van der Waals surface area contributed by atoms with Crippen LogP contribution in [-0.4, -0.2) is 32.2 Å². The molecule has 0 N–H and O–H groups in total. The van der Waals surface area contributed by atoms with Gasteiger partial charge < -0.3 is 14.2 Å². The maximum atomic E-state index is 14.2. The van der Waals surface area contributed by atoms with Gasteiger partial charge in [0.05, 0.1) is 19.3 Å². The SMILES string of the molecule is Cc1ccc(-c2ccc(C3CCC(OCOCC4CO4)CC3)cc2)c(F)c1F.